The summed E-state index contributed by atoms with van der Waals surface area (Å²) in [6, 6.07) is 6.74. The molecule has 2 rings (SSSR count). The van der Waals surface area contributed by atoms with Gasteiger partial charge in [0.2, 0.25) is 5.79 Å². The van der Waals surface area contributed by atoms with Crippen LogP contribution < -0.4 is 0 Å². The van der Waals surface area contributed by atoms with Crippen molar-refractivity contribution in [3.63, 3.8) is 0 Å². The third kappa shape index (κ3) is 3.12. The van der Waals surface area contributed by atoms with Crippen LogP contribution in [0.5, 0.6) is 0 Å². The molecule has 1 N–H and O–H groups in total. The van der Waals surface area contributed by atoms with E-state index in [1.54, 1.807) is 24.3 Å². The molecular formula is C15H13BrO5. The average molecular weight is 353 g/mol. The Morgan fingerprint density at radius 3 is 2.62 bits per heavy atom. The van der Waals surface area contributed by atoms with Gasteiger partial charge in [0, 0.05) is 10.0 Å². The Balaban J connectivity index is 2.33. The lowest BCUT2D eigenvalue weighted by molar-refractivity contribution is -0.203. The molecule has 0 amide bonds. The topological polar surface area (TPSA) is 72.8 Å². The maximum atomic E-state index is 11.8. The maximum Gasteiger partial charge on any atom is 0.336 e. The minimum absolute atomic E-state index is 0.164. The number of methoxy groups -OCH3 is 1. The van der Waals surface area contributed by atoms with Gasteiger partial charge in [-0.05, 0) is 24.3 Å². The van der Waals surface area contributed by atoms with Crippen LogP contribution in [0.4, 0.5) is 0 Å². The molecule has 110 valence electrons. The van der Waals surface area contributed by atoms with Gasteiger partial charge in [0.1, 0.15) is 0 Å². The molecule has 0 aliphatic carbocycles. The summed E-state index contributed by atoms with van der Waals surface area (Å²) in [6.07, 6.45) is 1.13. The van der Waals surface area contributed by atoms with Gasteiger partial charge in [-0.25, -0.2) is 4.79 Å². The van der Waals surface area contributed by atoms with Crippen molar-refractivity contribution in [1.29, 1.82) is 0 Å². The van der Waals surface area contributed by atoms with E-state index in [1.807, 2.05) is 0 Å². The standard InChI is InChI=1S/C15H13BrO5/c1-9(14(18)20-2)13-12(17)7-8-15(19,21-13)10-3-5-11(16)6-4-10/h3-8,13,19H,1H2,2H3/t13-,15-/m1/s1. The van der Waals surface area contributed by atoms with Crippen LogP contribution in [0.3, 0.4) is 0 Å². The van der Waals surface area contributed by atoms with E-state index in [-0.39, 0.29) is 5.57 Å². The van der Waals surface area contributed by atoms with Crippen molar-refractivity contribution in [3.8, 4) is 0 Å². The minimum atomic E-state index is -1.81. The second kappa shape index (κ2) is 5.93. The molecule has 0 aromatic heterocycles. The smallest absolute Gasteiger partial charge is 0.336 e. The molecule has 5 nitrogen and oxygen atoms in total. The number of halogens is 1. The van der Waals surface area contributed by atoms with Crippen LogP contribution >= 0.6 is 15.9 Å². The highest BCUT2D eigenvalue weighted by Gasteiger charge is 2.40. The van der Waals surface area contributed by atoms with Gasteiger partial charge in [-0.1, -0.05) is 34.6 Å². The van der Waals surface area contributed by atoms with E-state index < -0.39 is 23.6 Å². The van der Waals surface area contributed by atoms with E-state index >= 15 is 0 Å². The molecule has 0 bridgehead atoms. The van der Waals surface area contributed by atoms with Gasteiger partial charge in [0.25, 0.3) is 0 Å². The first-order valence-electron chi connectivity index (χ1n) is 6.04. The quantitative estimate of drug-likeness (QED) is 0.663. The largest absolute Gasteiger partial charge is 0.466 e. The normalized spacial score (nSPS) is 24.7. The molecule has 2 atom stereocenters. The van der Waals surface area contributed by atoms with Crippen molar-refractivity contribution in [2.45, 2.75) is 11.9 Å². The lowest BCUT2D eigenvalue weighted by Gasteiger charge is -2.32. The Morgan fingerprint density at radius 2 is 2.05 bits per heavy atom. The van der Waals surface area contributed by atoms with Crippen molar-refractivity contribution in [1.82, 2.24) is 0 Å². The maximum absolute atomic E-state index is 11.8. The molecule has 0 saturated heterocycles. The fraction of sp³-hybridized carbons (Fsp3) is 0.200. The molecule has 0 fully saturated rings. The van der Waals surface area contributed by atoms with Gasteiger partial charge in [-0.3, -0.25) is 4.79 Å². The molecule has 21 heavy (non-hydrogen) atoms. The molecule has 0 spiro atoms. The van der Waals surface area contributed by atoms with Crippen LogP contribution in [0.15, 0.2) is 53.0 Å². The minimum Gasteiger partial charge on any atom is -0.466 e. The predicted molar refractivity (Wildman–Crippen MR) is 78.2 cm³/mol. The monoisotopic (exact) mass is 352 g/mol. The number of aliphatic hydroxyl groups is 1. The number of benzene rings is 1. The van der Waals surface area contributed by atoms with Crippen LogP contribution in [0.2, 0.25) is 0 Å². The second-order valence-electron chi connectivity index (χ2n) is 4.45. The first kappa shape index (κ1) is 15.6. The lowest BCUT2D eigenvalue weighted by Crippen LogP contribution is -2.42. The van der Waals surface area contributed by atoms with Gasteiger partial charge < -0.3 is 14.6 Å². The van der Waals surface area contributed by atoms with Crippen molar-refractivity contribution in [2.24, 2.45) is 0 Å². The van der Waals surface area contributed by atoms with Crippen LogP contribution in [-0.2, 0) is 24.8 Å². The van der Waals surface area contributed by atoms with Crippen LogP contribution in [-0.4, -0.2) is 30.1 Å². The fourth-order valence-corrected chi connectivity index (χ4v) is 2.16. The first-order chi connectivity index (χ1) is 9.87. The van der Waals surface area contributed by atoms with Gasteiger partial charge in [-0.2, -0.15) is 0 Å². The van der Waals surface area contributed by atoms with E-state index in [1.165, 1.54) is 19.3 Å². The molecule has 0 radical (unpaired) electrons. The van der Waals surface area contributed by atoms with Gasteiger partial charge >= 0.3 is 5.97 Å². The highest BCUT2D eigenvalue weighted by molar-refractivity contribution is 9.10. The van der Waals surface area contributed by atoms with E-state index in [0.717, 1.165) is 4.47 Å². The van der Waals surface area contributed by atoms with Crippen molar-refractivity contribution in [2.75, 3.05) is 7.11 Å². The Morgan fingerprint density at radius 1 is 1.43 bits per heavy atom. The number of rotatable bonds is 3. The highest BCUT2D eigenvalue weighted by Crippen LogP contribution is 2.32. The number of hydrogen-bond acceptors (Lipinski definition) is 5. The molecular weight excluding hydrogens is 340 g/mol. The Labute approximate surface area is 130 Å². The van der Waals surface area contributed by atoms with Crippen molar-refractivity contribution in [3.05, 3.63) is 58.6 Å². The molecule has 1 aliphatic rings. The number of hydrogen-bond donors (Lipinski definition) is 1. The summed E-state index contributed by atoms with van der Waals surface area (Å²) in [5.74, 6) is -3.05. The third-order valence-electron chi connectivity index (χ3n) is 3.05. The first-order valence-corrected chi connectivity index (χ1v) is 6.83. The van der Waals surface area contributed by atoms with Crippen LogP contribution in [0.1, 0.15) is 5.56 Å². The summed E-state index contributed by atoms with van der Waals surface area (Å²) in [4.78, 5) is 23.3. The number of esters is 1. The average Bonchev–Trinajstić information content (AvgIpc) is 2.49. The zero-order valence-corrected chi connectivity index (χ0v) is 12.8. The Hall–Kier alpha value is -1.76. The van der Waals surface area contributed by atoms with Crippen LogP contribution in [0.25, 0.3) is 0 Å². The fourth-order valence-electron chi connectivity index (χ4n) is 1.89. The van der Waals surface area contributed by atoms with Crippen LogP contribution in [0, 0.1) is 0 Å². The molecule has 6 heteroatoms. The van der Waals surface area contributed by atoms with Crippen molar-refractivity contribution >= 4 is 27.7 Å². The Kier molecular flexibility index (Phi) is 4.41. The number of carbonyl (C=O) groups is 2. The predicted octanol–water partition coefficient (Wildman–Crippen LogP) is 1.85. The van der Waals surface area contributed by atoms with Gasteiger partial charge in [0.15, 0.2) is 11.9 Å². The summed E-state index contributed by atoms with van der Waals surface area (Å²) in [5, 5.41) is 10.6. The summed E-state index contributed by atoms with van der Waals surface area (Å²) in [6.45, 7) is 3.50. The number of carbonyl (C=O) groups excluding carboxylic acids is 2. The molecule has 0 unspecified atom stereocenters. The molecule has 0 saturated carbocycles. The van der Waals surface area contributed by atoms with Gasteiger partial charge in [0.05, 0.1) is 12.7 Å². The second-order valence-corrected chi connectivity index (χ2v) is 5.37. The van der Waals surface area contributed by atoms with E-state index in [2.05, 4.69) is 27.2 Å². The molecule has 1 aromatic carbocycles. The summed E-state index contributed by atoms with van der Waals surface area (Å²) in [5.41, 5.74) is 0.263. The summed E-state index contributed by atoms with van der Waals surface area (Å²) in [7, 11) is 1.18. The third-order valence-corrected chi connectivity index (χ3v) is 3.58. The van der Waals surface area contributed by atoms with E-state index in [9.17, 15) is 14.7 Å². The molecule has 1 aromatic rings. The number of ether oxygens (including phenoxy) is 2. The lowest BCUT2D eigenvalue weighted by atomic mass is 9.97. The zero-order valence-electron chi connectivity index (χ0n) is 11.2. The molecule has 1 aliphatic heterocycles. The molecule has 1 heterocycles. The van der Waals surface area contributed by atoms with Crippen molar-refractivity contribution < 1.29 is 24.2 Å². The summed E-state index contributed by atoms with van der Waals surface area (Å²) < 4.78 is 10.8. The van der Waals surface area contributed by atoms with E-state index in [4.69, 9.17) is 4.74 Å². The zero-order chi connectivity index (χ0) is 15.6. The SMILES string of the molecule is C=C(C(=O)OC)[C@H]1O[C@@](O)(c2ccc(Br)cc2)C=CC1=O. The van der Waals surface area contributed by atoms with E-state index in [0.29, 0.717) is 5.56 Å². The highest BCUT2D eigenvalue weighted by atomic mass is 79.9. The Bertz CT molecular complexity index is 619. The number of ketones is 1. The van der Waals surface area contributed by atoms with Gasteiger partial charge in [-0.15, -0.1) is 0 Å². The summed E-state index contributed by atoms with van der Waals surface area (Å²) >= 11 is 3.29.